The molecule has 0 spiro atoms. The van der Waals surface area contributed by atoms with Crippen LogP contribution in [0, 0.1) is 0 Å². The summed E-state index contributed by atoms with van der Waals surface area (Å²) in [5, 5.41) is 4.77. The SMILES string of the molecule is C[C@H](Nc1cc2c(cn1)COC(=O)N2C1CCC1)c1cc2cc(Cl)ccc2[nH]c1=O. The lowest BCUT2D eigenvalue weighted by Gasteiger charge is -2.39. The van der Waals surface area contributed by atoms with E-state index >= 15 is 0 Å². The maximum absolute atomic E-state index is 12.6. The monoisotopic (exact) mass is 424 g/mol. The summed E-state index contributed by atoms with van der Waals surface area (Å²) in [5.74, 6) is 0.603. The van der Waals surface area contributed by atoms with Gasteiger partial charge in [-0.1, -0.05) is 11.6 Å². The second kappa shape index (κ2) is 7.32. The van der Waals surface area contributed by atoms with Crippen LogP contribution >= 0.6 is 11.6 Å². The Morgan fingerprint density at radius 1 is 1.27 bits per heavy atom. The zero-order valence-electron chi connectivity index (χ0n) is 16.4. The van der Waals surface area contributed by atoms with E-state index in [1.165, 1.54) is 0 Å². The number of cyclic esters (lactones) is 1. The van der Waals surface area contributed by atoms with Crippen LogP contribution in [0.3, 0.4) is 0 Å². The van der Waals surface area contributed by atoms with Crippen LogP contribution in [0.2, 0.25) is 5.02 Å². The van der Waals surface area contributed by atoms with Gasteiger partial charge in [-0.05, 0) is 50.5 Å². The molecule has 30 heavy (non-hydrogen) atoms. The van der Waals surface area contributed by atoms with Crippen molar-refractivity contribution in [1.29, 1.82) is 0 Å². The largest absolute Gasteiger partial charge is 0.444 e. The van der Waals surface area contributed by atoms with Crippen LogP contribution in [-0.4, -0.2) is 22.1 Å². The standard InChI is InChI=1S/C22H21ClN4O3/c1-12(17-8-13-7-15(23)5-6-18(13)26-21(17)28)25-20-9-19-14(10-24-20)11-30-22(29)27(19)16-3-2-4-16/h5-10,12,16H,2-4,11H2,1H3,(H,24,25)(H,26,28)/t12-/m0/s1. The average Bonchev–Trinajstić information content (AvgIpc) is 2.68. The number of hydrogen-bond donors (Lipinski definition) is 2. The summed E-state index contributed by atoms with van der Waals surface area (Å²) in [6.45, 7) is 2.13. The predicted octanol–water partition coefficient (Wildman–Crippen LogP) is 4.76. The molecule has 5 rings (SSSR count). The molecular weight excluding hydrogens is 404 g/mol. The minimum Gasteiger partial charge on any atom is -0.444 e. The second-order valence-electron chi connectivity index (χ2n) is 7.86. The highest BCUT2D eigenvalue weighted by atomic mass is 35.5. The van der Waals surface area contributed by atoms with E-state index in [-0.39, 0.29) is 30.3 Å². The molecule has 1 saturated carbocycles. The van der Waals surface area contributed by atoms with Crippen LogP contribution in [0.25, 0.3) is 10.9 Å². The lowest BCUT2D eigenvalue weighted by Crippen LogP contribution is -2.47. The van der Waals surface area contributed by atoms with E-state index in [1.807, 2.05) is 25.1 Å². The molecule has 8 heteroatoms. The first-order chi connectivity index (χ1) is 14.5. The number of nitrogens with one attached hydrogen (secondary N) is 2. The van der Waals surface area contributed by atoms with Gasteiger partial charge in [0.05, 0.1) is 11.7 Å². The van der Waals surface area contributed by atoms with Gasteiger partial charge in [0.25, 0.3) is 5.56 Å². The number of benzene rings is 1. The summed E-state index contributed by atoms with van der Waals surface area (Å²) in [6.07, 6.45) is 4.50. The summed E-state index contributed by atoms with van der Waals surface area (Å²) in [4.78, 5) is 34.1. The third-order valence-corrected chi connectivity index (χ3v) is 6.11. The number of anilines is 2. The van der Waals surface area contributed by atoms with Crippen molar-refractivity contribution in [1.82, 2.24) is 9.97 Å². The van der Waals surface area contributed by atoms with E-state index in [1.54, 1.807) is 23.2 Å². The molecule has 7 nitrogen and oxygen atoms in total. The lowest BCUT2D eigenvalue weighted by atomic mass is 9.91. The summed E-state index contributed by atoms with van der Waals surface area (Å²) in [5.41, 5.74) is 2.88. The van der Waals surface area contributed by atoms with Gasteiger partial charge in [0.15, 0.2) is 0 Å². The average molecular weight is 425 g/mol. The number of nitrogens with zero attached hydrogens (tertiary/aromatic N) is 2. The van der Waals surface area contributed by atoms with E-state index in [0.29, 0.717) is 16.4 Å². The molecule has 2 N–H and O–H groups in total. The topological polar surface area (TPSA) is 87.3 Å². The van der Waals surface area contributed by atoms with E-state index in [9.17, 15) is 9.59 Å². The van der Waals surface area contributed by atoms with Gasteiger partial charge in [-0.2, -0.15) is 0 Å². The van der Waals surface area contributed by atoms with E-state index in [0.717, 1.165) is 41.4 Å². The van der Waals surface area contributed by atoms with Crippen LogP contribution in [0.5, 0.6) is 0 Å². The van der Waals surface area contributed by atoms with Crippen LogP contribution in [0.15, 0.2) is 41.3 Å². The molecule has 0 saturated heterocycles. The quantitative estimate of drug-likeness (QED) is 0.630. The molecular formula is C22H21ClN4O3. The molecule has 3 heterocycles. The number of carbonyl (C=O) groups is 1. The molecule has 3 aromatic rings. The Morgan fingerprint density at radius 2 is 2.10 bits per heavy atom. The maximum atomic E-state index is 12.6. The van der Waals surface area contributed by atoms with Crippen molar-refractivity contribution in [3.63, 3.8) is 0 Å². The van der Waals surface area contributed by atoms with Crippen LogP contribution in [0.4, 0.5) is 16.3 Å². The minimum absolute atomic E-state index is 0.164. The van der Waals surface area contributed by atoms with Crippen molar-refractivity contribution >= 4 is 40.1 Å². The molecule has 1 aliphatic carbocycles. The van der Waals surface area contributed by atoms with Gasteiger partial charge in [0.2, 0.25) is 0 Å². The number of ether oxygens (including phenoxy) is 1. The Bertz CT molecular complexity index is 1200. The smallest absolute Gasteiger partial charge is 0.414 e. The van der Waals surface area contributed by atoms with E-state index in [2.05, 4.69) is 15.3 Å². The zero-order chi connectivity index (χ0) is 20.8. The number of fused-ring (bicyclic) bond motifs is 2. The molecule has 1 amide bonds. The Balaban J connectivity index is 1.45. The fourth-order valence-corrected chi connectivity index (χ4v) is 4.18. The van der Waals surface area contributed by atoms with Crippen molar-refractivity contribution in [3.8, 4) is 0 Å². The third kappa shape index (κ3) is 3.29. The fourth-order valence-electron chi connectivity index (χ4n) is 4.00. The van der Waals surface area contributed by atoms with E-state index in [4.69, 9.17) is 16.3 Å². The lowest BCUT2D eigenvalue weighted by molar-refractivity contribution is 0.134. The van der Waals surface area contributed by atoms with Crippen molar-refractivity contribution < 1.29 is 9.53 Å². The normalized spacial score (nSPS) is 17.3. The van der Waals surface area contributed by atoms with Gasteiger partial charge in [0.1, 0.15) is 12.4 Å². The number of amides is 1. The third-order valence-electron chi connectivity index (χ3n) is 5.88. The predicted molar refractivity (Wildman–Crippen MR) is 116 cm³/mol. The summed E-state index contributed by atoms with van der Waals surface area (Å²) in [6, 6.07) is 8.96. The van der Waals surface area contributed by atoms with Crippen LogP contribution in [-0.2, 0) is 11.3 Å². The second-order valence-corrected chi connectivity index (χ2v) is 8.30. The number of H-pyrrole nitrogens is 1. The fraction of sp³-hybridized carbons (Fsp3) is 0.318. The van der Waals surface area contributed by atoms with Gasteiger partial charge in [-0.3, -0.25) is 9.69 Å². The molecule has 1 aliphatic heterocycles. The van der Waals surface area contributed by atoms with Crippen molar-refractivity contribution in [3.05, 3.63) is 63.0 Å². The Labute approximate surface area is 178 Å². The number of rotatable bonds is 4. The van der Waals surface area contributed by atoms with Gasteiger partial charge in [-0.15, -0.1) is 0 Å². The summed E-state index contributed by atoms with van der Waals surface area (Å²) in [7, 11) is 0. The van der Waals surface area contributed by atoms with Gasteiger partial charge < -0.3 is 15.0 Å². The number of carbonyl (C=O) groups excluding carboxylic acids is 1. The van der Waals surface area contributed by atoms with Gasteiger partial charge in [0, 0.05) is 45.4 Å². The first kappa shape index (κ1) is 18.9. The Morgan fingerprint density at radius 3 is 2.87 bits per heavy atom. The number of halogens is 1. The van der Waals surface area contributed by atoms with E-state index < -0.39 is 0 Å². The molecule has 1 atom stereocenters. The Hall–Kier alpha value is -3.06. The molecule has 154 valence electrons. The zero-order valence-corrected chi connectivity index (χ0v) is 17.2. The summed E-state index contributed by atoms with van der Waals surface area (Å²) < 4.78 is 5.30. The summed E-state index contributed by atoms with van der Waals surface area (Å²) >= 11 is 6.10. The van der Waals surface area contributed by atoms with Crippen molar-refractivity contribution in [2.75, 3.05) is 10.2 Å². The van der Waals surface area contributed by atoms with Crippen molar-refractivity contribution in [2.45, 2.75) is 44.9 Å². The Kier molecular flexibility index (Phi) is 4.62. The molecule has 1 fully saturated rings. The first-order valence-corrected chi connectivity index (χ1v) is 10.4. The molecule has 0 radical (unpaired) electrons. The highest BCUT2D eigenvalue weighted by molar-refractivity contribution is 6.31. The highest BCUT2D eigenvalue weighted by Gasteiger charge is 2.35. The van der Waals surface area contributed by atoms with Gasteiger partial charge in [-0.25, -0.2) is 9.78 Å². The number of aromatic amines is 1. The first-order valence-electron chi connectivity index (χ1n) is 10.0. The molecule has 1 aromatic carbocycles. The molecule has 2 aromatic heterocycles. The number of aromatic nitrogens is 2. The molecule has 2 aliphatic rings. The maximum Gasteiger partial charge on any atom is 0.414 e. The van der Waals surface area contributed by atoms with Crippen molar-refractivity contribution in [2.24, 2.45) is 0 Å². The minimum atomic E-state index is -0.305. The molecule has 0 unspecified atom stereocenters. The molecule has 0 bridgehead atoms. The number of pyridine rings is 2. The van der Waals surface area contributed by atoms with Gasteiger partial charge >= 0.3 is 6.09 Å². The number of hydrogen-bond acceptors (Lipinski definition) is 5. The van der Waals surface area contributed by atoms with Crippen LogP contribution < -0.4 is 15.8 Å². The van der Waals surface area contributed by atoms with Crippen LogP contribution in [0.1, 0.15) is 43.4 Å². The highest BCUT2D eigenvalue weighted by Crippen LogP contribution is 2.36.